The third-order valence-corrected chi connectivity index (χ3v) is 3.65. The van der Waals surface area contributed by atoms with Gasteiger partial charge in [-0.1, -0.05) is 44.7 Å². The number of ether oxygens (including phenoxy) is 1. The highest BCUT2D eigenvalue weighted by Crippen LogP contribution is 2.27. The quantitative estimate of drug-likeness (QED) is 0.617. The summed E-state index contributed by atoms with van der Waals surface area (Å²) in [4.78, 5) is 11.2. The van der Waals surface area contributed by atoms with Crippen molar-refractivity contribution in [2.45, 2.75) is 46.5 Å². The van der Waals surface area contributed by atoms with Gasteiger partial charge in [-0.3, -0.25) is 4.79 Å². The van der Waals surface area contributed by atoms with Crippen LogP contribution in [0.3, 0.4) is 0 Å². The summed E-state index contributed by atoms with van der Waals surface area (Å²) in [5.41, 5.74) is 0.621. The smallest absolute Gasteiger partial charge is 0.159 e. The highest BCUT2D eigenvalue weighted by molar-refractivity contribution is 6.32. The molecule has 3 heteroatoms. The zero-order chi connectivity index (χ0) is 14.3. The molecule has 0 N–H and O–H groups in total. The van der Waals surface area contributed by atoms with Gasteiger partial charge in [0.05, 0.1) is 11.6 Å². The number of benzene rings is 1. The molecule has 0 bridgehead atoms. The molecular formula is C16H23ClO2. The molecule has 0 radical (unpaired) electrons. The number of unbranched alkanes of at least 4 members (excludes halogenated alkanes) is 1. The van der Waals surface area contributed by atoms with Crippen molar-refractivity contribution in [1.29, 1.82) is 0 Å². The van der Waals surface area contributed by atoms with Crippen molar-refractivity contribution in [2.75, 3.05) is 6.61 Å². The molecular weight excluding hydrogens is 260 g/mol. The predicted octanol–water partition coefficient (Wildman–Crippen LogP) is 5.14. The molecule has 0 aromatic heterocycles. The van der Waals surface area contributed by atoms with Crippen LogP contribution in [-0.4, -0.2) is 12.4 Å². The zero-order valence-corrected chi connectivity index (χ0v) is 12.8. The number of hydrogen-bond acceptors (Lipinski definition) is 2. The summed E-state index contributed by atoms with van der Waals surface area (Å²) >= 11 is 6.13. The van der Waals surface area contributed by atoms with Crippen LogP contribution in [-0.2, 0) is 0 Å². The summed E-state index contributed by atoms with van der Waals surface area (Å²) in [6.07, 6.45) is 4.75. The number of ketones is 1. The van der Waals surface area contributed by atoms with Gasteiger partial charge in [0.25, 0.3) is 0 Å². The maximum absolute atomic E-state index is 11.2. The lowest BCUT2D eigenvalue weighted by atomic mass is 10.0. The minimum atomic E-state index is 0.0165. The van der Waals surface area contributed by atoms with Crippen LogP contribution in [0.1, 0.15) is 56.8 Å². The predicted molar refractivity (Wildman–Crippen MR) is 80.3 cm³/mol. The molecule has 0 amide bonds. The van der Waals surface area contributed by atoms with Crippen LogP contribution in [0.15, 0.2) is 18.2 Å². The lowest BCUT2D eigenvalue weighted by Gasteiger charge is -2.16. The molecule has 19 heavy (non-hydrogen) atoms. The van der Waals surface area contributed by atoms with Crippen LogP contribution in [0.25, 0.3) is 0 Å². The largest absolute Gasteiger partial charge is 0.492 e. The third kappa shape index (κ3) is 5.23. The molecule has 1 rings (SSSR count). The molecule has 0 saturated carbocycles. The van der Waals surface area contributed by atoms with Crippen LogP contribution >= 0.6 is 11.6 Å². The summed E-state index contributed by atoms with van der Waals surface area (Å²) in [6, 6.07) is 5.22. The van der Waals surface area contributed by atoms with E-state index >= 15 is 0 Å². The van der Waals surface area contributed by atoms with Gasteiger partial charge in [-0.25, -0.2) is 0 Å². The molecule has 0 heterocycles. The van der Waals surface area contributed by atoms with E-state index in [1.165, 1.54) is 26.2 Å². The molecule has 1 atom stereocenters. The van der Waals surface area contributed by atoms with Gasteiger partial charge in [0.1, 0.15) is 5.75 Å². The monoisotopic (exact) mass is 282 g/mol. The van der Waals surface area contributed by atoms with Gasteiger partial charge < -0.3 is 4.74 Å². The van der Waals surface area contributed by atoms with Gasteiger partial charge in [0.2, 0.25) is 0 Å². The standard InChI is InChI=1S/C16H23ClO2/c1-4-6-7-13(5-2)11-19-16-9-8-14(12(3)18)10-15(16)17/h8-10,13H,4-7,11H2,1-3H3. The van der Waals surface area contributed by atoms with Crippen LogP contribution in [0, 0.1) is 5.92 Å². The highest BCUT2D eigenvalue weighted by atomic mass is 35.5. The molecule has 0 fully saturated rings. The Labute approximate surface area is 121 Å². The van der Waals surface area contributed by atoms with E-state index in [0.717, 1.165) is 6.42 Å². The first-order valence-electron chi connectivity index (χ1n) is 7.01. The van der Waals surface area contributed by atoms with Gasteiger partial charge >= 0.3 is 0 Å². The minimum absolute atomic E-state index is 0.0165. The SMILES string of the molecule is CCCCC(CC)COc1ccc(C(C)=O)cc1Cl. The first kappa shape index (κ1) is 16.0. The first-order valence-corrected chi connectivity index (χ1v) is 7.39. The van der Waals surface area contributed by atoms with E-state index in [9.17, 15) is 4.79 Å². The van der Waals surface area contributed by atoms with Crippen molar-refractivity contribution in [1.82, 2.24) is 0 Å². The molecule has 1 aromatic rings. The van der Waals surface area contributed by atoms with Crippen molar-refractivity contribution in [3.8, 4) is 5.75 Å². The van der Waals surface area contributed by atoms with Gasteiger partial charge in [0.15, 0.2) is 5.78 Å². The van der Waals surface area contributed by atoms with E-state index in [-0.39, 0.29) is 5.78 Å². The molecule has 0 saturated heterocycles. The molecule has 0 aliphatic heterocycles. The molecule has 1 aromatic carbocycles. The molecule has 1 unspecified atom stereocenters. The van der Waals surface area contributed by atoms with E-state index < -0.39 is 0 Å². The second-order valence-electron chi connectivity index (χ2n) is 4.93. The minimum Gasteiger partial charge on any atom is -0.492 e. The van der Waals surface area contributed by atoms with E-state index in [2.05, 4.69) is 13.8 Å². The summed E-state index contributed by atoms with van der Waals surface area (Å²) < 4.78 is 5.78. The van der Waals surface area contributed by atoms with Crippen LogP contribution in [0.4, 0.5) is 0 Å². The second-order valence-corrected chi connectivity index (χ2v) is 5.34. The van der Waals surface area contributed by atoms with Gasteiger partial charge in [-0.15, -0.1) is 0 Å². The summed E-state index contributed by atoms with van der Waals surface area (Å²) in [5, 5.41) is 0.512. The lowest BCUT2D eigenvalue weighted by Crippen LogP contribution is -2.11. The number of hydrogen-bond donors (Lipinski definition) is 0. The second kappa shape index (κ2) is 8.21. The number of Topliss-reactive ketones (excluding diaryl/α,β-unsaturated/α-hetero) is 1. The van der Waals surface area contributed by atoms with Crippen molar-refractivity contribution in [3.05, 3.63) is 28.8 Å². The maximum Gasteiger partial charge on any atom is 0.159 e. The summed E-state index contributed by atoms with van der Waals surface area (Å²) in [7, 11) is 0. The Morgan fingerprint density at radius 2 is 2.11 bits per heavy atom. The van der Waals surface area contributed by atoms with E-state index in [1.807, 2.05) is 0 Å². The third-order valence-electron chi connectivity index (χ3n) is 3.36. The lowest BCUT2D eigenvalue weighted by molar-refractivity contribution is 0.101. The Hall–Kier alpha value is -1.02. The fourth-order valence-corrected chi connectivity index (χ4v) is 2.18. The Balaban J connectivity index is 2.59. The Morgan fingerprint density at radius 3 is 2.63 bits per heavy atom. The van der Waals surface area contributed by atoms with Gasteiger partial charge in [0, 0.05) is 5.56 Å². The fourth-order valence-electron chi connectivity index (χ4n) is 1.94. The summed E-state index contributed by atoms with van der Waals surface area (Å²) in [6.45, 7) is 6.61. The highest BCUT2D eigenvalue weighted by Gasteiger charge is 2.10. The molecule has 2 nitrogen and oxygen atoms in total. The zero-order valence-electron chi connectivity index (χ0n) is 12.0. The molecule has 0 aliphatic carbocycles. The average molecular weight is 283 g/mol. The van der Waals surface area contributed by atoms with E-state index in [0.29, 0.717) is 28.9 Å². The number of carbonyl (C=O) groups is 1. The Morgan fingerprint density at radius 1 is 1.37 bits per heavy atom. The molecule has 0 spiro atoms. The van der Waals surface area contributed by atoms with Crippen LogP contribution in [0.5, 0.6) is 5.75 Å². The number of carbonyl (C=O) groups excluding carboxylic acids is 1. The van der Waals surface area contributed by atoms with Crippen molar-refractivity contribution < 1.29 is 9.53 Å². The van der Waals surface area contributed by atoms with Gasteiger partial charge in [-0.2, -0.15) is 0 Å². The fraction of sp³-hybridized carbons (Fsp3) is 0.562. The molecule has 0 aliphatic rings. The Kier molecular flexibility index (Phi) is 6.93. The summed E-state index contributed by atoms with van der Waals surface area (Å²) in [5.74, 6) is 1.26. The van der Waals surface area contributed by atoms with Gasteiger partial charge in [-0.05, 0) is 37.5 Å². The normalized spacial score (nSPS) is 12.2. The Bertz CT molecular complexity index is 415. The molecule has 106 valence electrons. The van der Waals surface area contributed by atoms with E-state index in [4.69, 9.17) is 16.3 Å². The van der Waals surface area contributed by atoms with Crippen molar-refractivity contribution >= 4 is 17.4 Å². The number of rotatable bonds is 8. The van der Waals surface area contributed by atoms with Crippen molar-refractivity contribution in [2.24, 2.45) is 5.92 Å². The van der Waals surface area contributed by atoms with E-state index in [1.54, 1.807) is 18.2 Å². The van der Waals surface area contributed by atoms with Crippen molar-refractivity contribution in [3.63, 3.8) is 0 Å². The maximum atomic E-state index is 11.2. The number of halogens is 1. The van der Waals surface area contributed by atoms with Crippen LogP contribution in [0.2, 0.25) is 5.02 Å². The topological polar surface area (TPSA) is 26.3 Å². The average Bonchev–Trinajstić information content (AvgIpc) is 2.40. The first-order chi connectivity index (χ1) is 9.08. The van der Waals surface area contributed by atoms with Crippen LogP contribution < -0.4 is 4.74 Å².